The summed E-state index contributed by atoms with van der Waals surface area (Å²) in [5, 5.41) is 8.00. The second kappa shape index (κ2) is 13.0. The molecule has 1 aliphatic rings. The fraction of sp³-hybridized carbons (Fsp3) is 0.357. The molecule has 13 nitrogen and oxygen atoms in total. The molecule has 4 rings (SSSR count). The van der Waals surface area contributed by atoms with Crippen molar-refractivity contribution in [1.82, 2.24) is 24.8 Å². The quantitative estimate of drug-likeness (QED) is 0.295. The van der Waals surface area contributed by atoms with E-state index in [9.17, 15) is 22.8 Å². The fourth-order valence-electron chi connectivity index (χ4n) is 4.04. The van der Waals surface area contributed by atoms with Gasteiger partial charge in [-0.15, -0.1) is 0 Å². The van der Waals surface area contributed by atoms with Crippen molar-refractivity contribution in [1.29, 1.82) is 0 Å². The number of piperazine rings is 1. The molecule has 1 saturated heterocycles. The average molecular weight is 616 g/mol. The summed E-state index contributed by atoms with van der Waals surface area (Å²) in [5.74, 6) is -0.737. The third-order valence-electron chi connectivity index (χ3n) is 6.07. The van der Waals surface area contributed by atoms with Gasteiger partial charge in [0.2, 0.25) is 23.7 Å². The molecular weight excluding hydrogens is 583 g/mol. The molecule has 1 aromatic carbocycles. The van der Waals surface area contributed by atoms with Crippen LogP contribution in [0.1, 0.15) is 26.3 Å². The van der Waals surface area contributed by atoms with Crippen LogP contribution in [0.4, 0.5) is 52.7 Å². The monoisotopic (exact) mass is 615 g/mol. The van der Waals surface area contributed by atoms with Gasteiger partial charge in [0.25, 0.3) is 0 Å². The van der Waals surface area contributed by atoms with Gasteiger partial charge < -0.3 is 35.2 Å². The van der Waals surface area contributed by atoms with Crippen molar-refractivity contribution in [3.8, 4) is 5.88 Å². The minimum absolute atomic E-state index is 0.105. The molecular formula is C28H32F3N9O4. The Labute approximate surface area is 251 Å². The zero-order valence-corrected chi connectivity index (χ0v) is 24.5. The van der Waals surface area contributed by atoms with Crippen LogP contribution in [-0.2, 0) is 15.7 Å². The number of ether oxygens (including phenoxy) is 2. The summed E-state index contributed by atoms with van der Waals surface area (Å²) in [7, 11) is 1.39. The highest BCUT2D eigenvalue weighted by atomic mass is 19.4. The van der Waals surface area contributed by atoms with Crippen molar-refractivity contribution < 1.29 is 32.2 Å². The van der Waals surface area contributed by atoms with Crippen LogP contribution in [0.3, 0.4) is 0 Å². The highest BCUT2D eigenvalue weighted by molar-refractivity contribution is 5.99. The van der Waals surface area contributed by atoms with Gasteiger partial charge >= 0.3 is 12.3 Å². The van der Waals surface area contributed by atoms with E-state index in [1.165, 1.54) is 25.4 Å². The summed E-state index contributed by atoms with van der Waals surface area (Å²) in [6, 6.07) is 6.08. The Morgan fingerprint density at radius 3 is 2.34 bits per heavy atom. The maximum absolute atomic E-state index is 13.8. The van der Waals surface area contributed by atoms with E-state index in [1.807, 2.05) is 4.90 Å². The lowest BCUT2D eigenvalue weighted by Crippen LogP contribution is -2.50. The number of nitrogens with zero attached hydrogens (tertiary/aromatic N) is 6. The van der Waals surface area contributed by atoms with E-state index in [4.69, 9.17) is 9.47 Å². The predicted molar refractivity (Wildman–Crippen MR) is 157 cm³/mol. The van der Waals surface area contributed by atoms with E-state index in [0.717, 1.165) is 6.08 Å². The largest absolute Gasteiger partial charge is 0.479 e. The molecule has 234 valence electrons. The summed E-state index contributed by atoms with van der Waals surface area (Å²) in [4.78, 5) is 44.1. The first-order chi connectivity index (χ1) is 20.8. The van der Waals surface area contributed by atoms with E-state index < -0.39 is 35.2 Å². The predicted octanol–water partition coefficient (Wildman–Crippen LogP) is 4.96. The lowest BCUT2D eigenvalue weighted by atomic mass is 10.2. The van der Waals surface area contributed by atoms with E-state index in [0.29, 0.717) is 44.0 Å². The first-order valence-electron chi connectivity index (χ1n) is 13.4. The van der Waals surface area contributed by atoms with Gasteiger partial charge in [0.1, 0.15) is 22.7 Å². The highest BCUT2D eigenvalue weighted by Gasteiger charge is 2.35. The second-order valence-electron chi connectivity index (χ2n) is 10.5. The number of rotatable bonds is 8. The van der Waals surface area contributed by atoms with Crippen molar-refractivity contribution in [2.75, 3.05) is 54.1 Å². The van der Waals surface area contributed by atoms with Crippen LogP contribution in [0.2, 0.25) is 0 Å². The number of halogens is 3. The maximum Gasteiger partial charge on any atom is 0.421 e. The van der Waals surface area contributed by atoms with Crippen molar-refractivity contribution >= 4 is 46.8 Å². The molecule has 3 heterocycles. The minimum Gasteiger partial charge on any atom is -0.479 e. The van der Waals surface area contributed by atoms with Gasteiger partial charge in [-0.25, -0.2) is 14.8 Å². The Bertz CT molecular complexity index is 1520. The van der Waals surface area contributed by atoms with E-state index in [-0.39, 0.29) is 23.2 Å². The highest BCUT2D eigenvalue weighted by Crippen LogP contribution is 2.36. The molecule has 2 aromatic heterocycles. The normalized spacial score (nSPS) is 13.6. The first kappa shape index (κ1) is 31.8. The molecule has 0 aliphatic carbocycles. The number of anilines is 6. The molecule has 2 amide bonds. The topological polar surface area (TPSA) is 147 Å². The van der Waals surface area contributed by atoms with Crippen molar-refractivity contribution in [2.45, 2.75) is 32.5 Å². The Kier molecular flexibility index (Phi) is 9.40. The van der Waals surface area contributed by atoms with Crippen LogP contribution >= 0.6 is 0 Å². The van der Waals surface area contributed by atoms with Gasteiger partial charge in [0, 0.05) is 43.8 Å². The molecule has 0 saturated carbocycles. The number of alkyl halides is 3. The molecule has 0 radical (unpaired) electrons. The van der Waals surface area contributed by atoms with E-state index in [2.05, 4.69) is 42.5 Å². The van der Waals surface area contributed by atoms with E-state index >= 15 is 0 Å². The van der Waals surface area contributed by atoms with Gasteiger partial charge in [0.15, 0.2) is 0 Å². The third-order valence-corrected chi connectivity index (χ3v) is 6.07. The van der Waals surface area contributed by atoms with Crippen LogP contribution in [0.25, 0.3) is 0 Å². The van der Waals surface area contributed by atoms with Gasteiger partial charge in [-0.05, 0) is 45.0 Å². The Hall–Kier alpha value is -5.15. The molecule has 3 aromatic rings. The lowest BCUT2D eigenvalue weighted by Gasteiger charge is -2.35. The standard InChI is InChI=1S/C28H32F3N9O4/c1-6-21(41)34-17-8-7-9-18(14-17)35-22-19(28(29,30)31)15-32-24(37-22)36-20-16-33-25(38-23(20)43-5)39-10-12-40(13-11-39)26(42)44-27(2,3)4/h6-9,14-16H,1,10-13H2,2-5H3,(H,34,41)(H2,32,35,36,37). The van der Waals surface area contributed by atoms with Crippen molar-refractivity contribution in [2.24, 2.45) is 0 Å². The number of methoxy groups -OCH3 is 1. The van der Waals surface area contributed by atoms with Gasteiger partial charge in [-0.3, -0.25) is 4.79 Å². The zero-order valence-electron chi connectivity index (χ0n) is 24.5. The number of carbonyl (C=O) groups excluding carboxylic acids is 2. The molecule has 3 N–H and O–H groups in total. The summed E-state index contributed by atoms with van der Waals surface area (Å²) >= 11 is 0. The number of amides is 2. The van der Waals surface area contributed by atoms with Crippen LogP contribution in [0.5, 0.6) is 5.88 Å². The molecule has 0 spiro atoms. The van der Waals surface area contributed by atoms with Gasteiger partial charge in [0.05, 0.1) is 13.3 Å². The maximum atomic E-state index is 13.8. The molecule has 1 fully saturated rings. The Morgan fingerprint density at radius 1 is 1.00 bits per heavy atom. The average Bonchev–Trinajstić information content (AvgIpc) is 2.96. The summed E-state index contributed by atoms with van der Waals surface area (Å²) < 4.78 is 52.3. The van der Waals surface area contributed by atoms with E-state index in [1.54, 1.807) is 37.8 Å². The number of nitrogens with one attached hydrogen (secondary N) is 3. The van der Waals surface area contributed by atoms with Crippen molar-refractivity contribution in [3.05, 3.63) is 54.9 Å². The molecule has 16 heteroatoms. The smallest absolute Gasteiger partial charge is 0.421 e. The van der Waals surface area contributed by atoms with Crippen molar-refractivity contribution in [3.63, 3.8) is 0 Å². The van der Waals surface area contributed by atoms with Crippen LogP contribution in [-0.4, -0.2) is 75.7 Å². The van der Waals surface area contributed by atoms with Crippen LogP contribution in [0, 0.1) is 0 Å². The molecule has 44 heavy (non-hydrogen) atoms. The van der Waals surface area contributed by atoms with Gasteiger partial charge in [-0.2, -0.15) is 23.1 Å². The number of carbonyl (C=O) groups is 2. The van der Waals surface area contributed by atoms with Crippen LogP contribution < -0.4 is 25.6 Å². The molecule has 0 atom stereocenters. The number of hydrogen-bond acceptors (Lipinski definition) is 11. The first-order valence-corrected chi connectivity index (χ1v) is 13.4. The Morgan fingerprint density at radius 2 is 1.70 bits per heavy atom. The second-order valence-corrected chi connectivity index (χ2v) is 10.5. The minimum atomic E-state index is -4.76. The fourth-order valence-corrected chi connectivity index (χ4v) is 4.04. The lowest BCUT2D eigenvalue weighted by molar-refractivity contribution is -0.137. The Balaban J connectivity index is 1.51. The SMILES string of the molecule is C=CC(=O)Nc1cccc(Nc2nc(Nc3cnc(N4CCN(C(=O)OC(C)(C)C)CC4)nc3OC)ncc2C(F)(F)F)c1. The number of aromatic nitrogens is 4. The molecule has 0 unspecified atom stereocenters. The summed E-state index contributed by atoms with van der Waals surface area (Å²) in [5.41, 5.74) is -0.916. The van der Waals surface area contributed by atoms with Gasteiger partial charge in [-0.1, -0.05) is 12.6 Å². The number of hydrogen-bond donors (Lipinski definition) is 3. The zero-order chi connectivity index (χ0) is 32.1. The molecule has 1 aliphatic heterocycles. The number of benzene rings is 1. The summed E-state index contributed by atoms with van der Waals surface area (Å²) in [6.07, 6.45) is -2.03. The van der Waals surface area contributed by atoms with Crippen LogP contribution in [0.15, 0.2) is 49.3 Å². The summed E-state index contributed by atoms with van der Waals surface area (Å²) in [6.45, 7) is 10.5. The third kappa shape index (κ3) is 8.23. The molecule has 0 bridgehead atoms.